The number of hydrogen-bond donors (Lipinski definition) is 5. The van der Waals surface area contributed by atoms with Gasteiger partial charge >= 0.3 is 0 Å². The molecule has 0 spiro atoms. The lowest BCUT2D eigenvalue weighted by molar-refractivity contribution is -0.742. The molecule has 12 heteroatoms. The molecular formula is C10H12N6O6. The van der Waals surface area contributed by atoms with Crippen LogP contribution < -0.4 is 16.6 Å². The van der Waals surface area contributed by atoms with Gasteiger partial charge in [0.05, 0.1) is 4.92 Å². The van der Waals surface area contributed by atoms with Gasteiger partial charge in [0.2, 0.25) is 5.96 Å². The smallest absolute Gasteiger partial charge is 0.291 e. The average molecular weight is 312 g/mol. The molecule has 0 aliphatic rings. The molecule has 0 atom stereocenters. The van der Waals surface area contributed by atoms with Gasteiger partial charge in [0.1, 0.15) is 0 Å². The van der Waals surface area contributed by atoms with E-state index in [0.717, 1.165) is 0 Å². The lowest BCUT2D eigenvalue weighted by Crippen LogP contribution is -2.44. The fourth-order valence-electron chi connectivity index (χ4n) is 1.05. The Labute approximate surface area is 123 Å². The minimum atomic E-state index is -1.50. The molecule has 6 N–H and O–H groups in total. The normalized spacial score (nSPS) is 9.27. The Hall–Kier alpha value is -3.70. The van der Waals surface area contributed by atoms with Crippen LogP contribution in [0.15, 0.2) is 30.3 Å². The first-order valence-electron chi connectivity index (χ1n) is 5.38. The van der Waals surface area contributed by atoms with Crippen molar-refractivity contribution in [2.75, 3.05) is 0 Å². The van der Waals surface area contributed by atoms with Crippen LogP contribution in [0.3, 0.4) is 0 Å². The zero-order chi connectivity index (χ0) is 17.1. The van der Waals surface area contributed by atoms with Gasteiger partial charge in [-0.3, -0.25) is 31.2 Å². The van der Waals surface area contributed by atoms with Gasteiger partial charge in [0, 0.05) is 18.2 Å². The summed E-state index contributed by atoms with van der Waals surface area (Å²) in [6.45, 7) is 0. The van der Waals surface area contributed by atoms with E-state index in [1.807, 2.05) is 0 Å². The second-order valence-electron chi connectivity index (χ2n) is 3.45. The van der Waals surface area contributed by atoms with Crippen molar-refractivity contribution in [2.24, 2.45) is 5.73 Å². The van der Waals surface area contributed by atoms with Crippen LogP contribution >= 0.6 is 0 Å². The third-order valence-electron chi connectivity index (χ3n) is 1.85. The zero-order valence-corrected chi connectivity index (χ0v) is 10.9. The molecule has 0 fully saturated rings. The molecule has 1 aromatic carbocycles. The minimum absolute atomic E-state index is 0.0187. The number of nitrogens with two attached hydrogens (primary N) is 1. The molecule has 0 radical (unpaired) electrons. The van der Waals surface area contributed by atoms with Gasteiger partial charge in [-0.05, 0) is 23.8 Å². The lowest BCUT2D eigenvalue weighted by Gasteiger charge is -2.02. The second-order valence-corrected chi connectivity index (χ2v) is 3.45. The molecule has 0 saturated heterocycles. The molecule has 0 unspecified atom stereocenters. The monoisotopic (exact) mass is 312 g/mol. The fraction of sp³-hybridized carbons (Fsp3) is 0. The largest absolute Gasteiger partial charge is 0.369 e. The van der Waals surface area contributed by atoms with Crippen LogP contribution in [-0.4, -0.2) is 27.1 Å². The predicted octanol–water partition coefficient (Wildman–Crippen LogP) is -0.225. The van der Waals surface area contributed by atoms with Crippen LogP contribution in [0.1, 0.15) is 5.56 Å². The van der Waals surface area contributed by atoms with E-state index in [-0.39, 0.29) is 11.6 Å². The molecule has 0 bridgehead atoms. The van der Waals surface area contributed by atoms with E-state index < -0.39 is 15.9 Å². The van der Waals surface area contributed by atoms with Crippen LogP contribution in [0.25, 0.3) is 6.08 Å². The highest BCUT2D eigenvalue weighted by molar-refractivity contribution is 5.92. The first-order valence-corrected chi connectivity index (χ1v) is 5.38. The molecule has 1 rings (SSSR count). The summed E-state index contributed by atoms with van der Waals surface area (Å²) in [5, 5.41) is 30.9. The fourth-order valence-corrected chi connectivity index (χ4v) is 1.05. The van der Waals surface area contributed by atoms with Crippen LogP contribution in [-0.2, 0) is 4.79 Å². The number of carbonyl (C=O) groups is 1. The van der Waals surface area contributed by atoms with E-state index in [4.69, 9.17) is 26.5 Å². The summed E-state index contributed by atoms with van der Waals surface area (Å²) in [4.78, 5) is 29.4. The molecule has 0 heterocycles. The van der Waals surface area contributed by atoms with Gasteiger partial charge in [-0.25, -0.2) is 0 Å². The summed E-state index contributed by atoms with van der Waals surface area (Å²) in [6.07, 6.45) is 2.68. The molecule has 22 heavy (non-hydrogen) atoms. The van der Waals surface area contributed by atoms with E-state index in [0.29, 0.717) is 5.56 Å². The third kappa shape index (κ3) is 9.26. The van der Waals surface area contributed by atoms with Crippen molar-refractivity contribution >= 4 is 23.6 Å². The Kier molecular flexibility index (Phi) is 7.69. The number of hydrazine groups is 1. The van der Waals surface area contributed by atoms with E-state index in [9.17, 15) is 14.9 Å². The van der Waals surface area contributed by atoms with Crippen molar-refractivity contribution in [2.45, 2.75) is 0 Å². The van der Waals surface area contributed by atoms with Crippen molar-refractivity contribution in [1.82, 2.24) is 10.9 Å². The summed E-state index contributed by atoms with van der Waals surface area (Å²) in [6, 6.07) is 5.71. The zero-order valence-electron chi connectivity index (χ0n) is 10.9. The highest BCUT2D eigenvalue weighted by atomic mass is 16.9. The third-order valence-corrected chi connectivity index (χ3v) is 1.85. The first-order chi connectivity index (χ1) is 10.2. The molecule has 0 saturated carbocycles. The lowest BCUT2D eigenvalue weighted by atomic mass is 10.2. The number of rotatable bonds is 3. The van der Waals surface area contributed by atoms with Crippen LogP contribution in [0.5, 0.6) is 0 Å². The van der Waals surface area contributed by atoms with Gasteiger partial charge < -0.3 is 10.9 Å². The van der Waals surface area contributed by atoms with Crippen molar-refractivity contribution in [3.05, 3.63) is 56.1 Å². The SMILES string of the molecule is N=C(N)NNC(=O)/C=C/c1ccc([N+](=O)[O-])cc1.O=[N+]([O-])O. The summed E-state index contributed by atoms with van der Waals surface area (Å²) in [5.74, 6) is -0.879. The highest BCUT2D eigenvalue weighted by Gasteiger charge is 2.02. The molecule has 1 amide bonds. The summed E-state index contributed by atoms with van der Waals surface area (Å²) < 4.78 is 0. The van der Waals surface area contributed by atoms with Crippen molar-refractivity contribution < 1.29 is 20.0 Å². The number of benzene rings is 1. The number of nitro benzene ring substituents is 1. The van der Waals surface area contributed by atoms with E-state index in [1.165, 1.54) is 36.4 Å². The number of guanidine groups is 1. The number of nitrogens with zero attached hydrogens (tertiary/aromatic N) is 2. The molecule has 0 aliphatic heterocycles. The van der Waals surface area contributed by atoms with Crippen molar-refractivity contribution in [1.29, 1.82) is 5.41 Å². The van der Waals surface area contributed by atoms with E-state index in [2.05, 4.69) is 10.9 Å². The number of nitro groups is 1. The molecule has 0 aromatic heterocycles. The maximum absolute atomic E-state index is 11.2. The topological polar surface area (TPSA) is 198 Å². The van der Waals surface area contributed by atoms with Gasteiger partial charge in [0.15, 0.2) is 0 Å². The summed E-state index contributed by atoms with van der Waals surface area (Å²) in [7, 11) is 0. The summed E-state index contributed by atoms with van der Waals surface area (Å²) in [5.41, 5.74) is 9.86. The average Bonchev–Trinajstić information content (AvgIpc) is 2.42. The number of non-ortho nitro benzene ring substituents is 1. The molecule has 1 aromatic rings. The predicted molar refractivity (Wildman–Crippen MR) is 74.1 cm³/mol. The van der Waals surface area contributed by atoms with E-state index >= 15 is 0 Å². The van der Waals surface area contributed by atoms with Gasteiger partial charge in [-0.2, -0.15) is 0 Å². The highest BCUT2D eigenvalue weighted by Crippen LogP contribution is 2.12. The summed E-state index contributed by atoms with van der Waals surface area (Å²) >= 11 is 0. The molecule has 118 valence electrons. The Morgan fingerprint density at radius 3 is 2.14 bits per heavy atom. The number of hydrogen-bond acceptors (Lipinski definition) is 6. The molecular weight excluding hydrogens is 300 g/mol. The van der Waals surface area contributed by atoms with Crippen molar-refractivity contribution in [3.63, 3.8) is 0 Å². The van der Waals surface area contributed by atoms with Gasteiger partial charge in [-0.1, -0.05) is 0 Å². The Morgan fingerprint density at radius 1 is 1.23 bits per heavy atom. The number of amides is 1. The molecule has 12 nitrogen and oxygen atoms in total. The second kappa shape index (κ2) is 9.24. The van der Waals surface area contributed by atoms with Crippen LogP contribution in [0.4, 0.5) is 5.69 Å². The maximum atomic E-state index is 11.2. The van der Waals surface area contributed by atoms with Gasteiger partial charge in [0.25, 0.3) is 16.7 Å². The number of carbonyl (C=O) groups excluding carboxylic acids is 1. The Bertz CT molecular complexity index is 580. The van der Waals surface area contributed by atoms with Crippen molar-refractivity contribution in [3.8, 4) is 0 Å². The molecule has 0 aliphatic carbocycles. The first kappa shape index (κ1) is 18.3. The maximum Gasteiger partial charge on any atom is 0.291 e. The Morgan fingerprint density at radius 2 is 1.73 bits per heavy atom. The minimum Gasteiger partial charge on any atom is -0.369 e. The Balaban J connectivity index is 0.000000980. The van der Waals surface area contributed by atoms with Crippen LogP contribution in [0, 0.1) is 25.6 Å². The standard InChI is InChI=1S/C10H11N5O3.HNO3/c11-10(12)14-13-9(16)6-3-7-1-4-8(5-2-7)15(17)18;2-1(3)4/h1-6H,(H,13,16)(H4,11,12,14);(H,2,3,4)/b6-3+;. The quantitative estimate of drug-likeness (QED) is 0.166. The van der Waals surface area contributed by atoms with E-state index in [1.54, 1.807) is 0 Å². The van der Waals surface area contributed by atoms with Gasteiger partial charge in [-0.15, -0.1) is 10.1 Å². The number of nitrogens with one attached hydrogen (secondary N) is 3. The van der Waals surface area contributed by atoms with Crippen LogP contribution in [0.2, 0.25) is 0 Å².